The molecule has 0 saturated heterocycles. The largest absolute Gasteiger partial charge is 0.396 e. The lowest BCUT2D eigenvalue weighted by Gasteiger charge is -2.26. The molecule has 2 N–H and O–H groups in total. The minimum absolute atomic E-state index is 0.0412. The molecule has 0 atom stereocenters. The van der Waals surface area contributed by atoms with Crippen LogP contribution in [0, 0.1) is 11.8 Å². The summed E-state index contributed by atoms with van der Waals surface area (Å²) in [7, 11) is 0. The maximum Gasteiger partial charge on any atom is 0.227 e. The zero-order chi connectivity index (χ0) is 13.0. The first-order valence-corrected chi connectivity index (χ1v) is 6.74. The Morgan fingerprint density at radius 1 is 1.28 bits per heavy atom. The van der Waals surface area contributed by atoms with Crippen LogP contribution in [0.25, 0.3) is 0 Å². The normalized spacial score (nSPS) is 23.7. The van der Waals surface area contributed by atoms with Gasteiger partial charge in [0.15, 0.2) is 0 Å². The van der Waals surface area contributed by atoms with Crippen molar-refractivity contribution in [3.63, 3.8) is 0 Å². The number of carbonyl (C=O) groups is 1. The smallest absolute Gasteiger partial charge is 0.227 e. The Morgan fingerprint density at radius 2 is 1.94 bits per heavy atom. The van der Waals surface area contributed by atoms with Gasteiger partial charge in [0, 0.05) is 12.5 Å². The molecule has 1 aliphatic carbocycles. The number of rotatable bonds is 3. The summed E-state index contributed by atoms with van der Waals surface area (Å²) >= 11 is 6.01. The second-order valence-electron chi connectivity index (χ2n) is 4.87. The molecule has 0 heterocycles. The van der Waals surface area contributed by atoms with Crippen molar-refractivity contribution in [3.8, 4) is 0 Å². The van der Waals surface area contributed by atoms with Crippen molar-refractivity contribution in [1.82, 2.24) is 0 Å². The van der Waals surface area contributed by atoms with E-state index in [-0.39, 0.29) is 18.4 Å². The van der Waals surface area contributed by atoms with Gasteiger partial charge in [-0.1, -0.05) is 23.7 Å². The van der Waals surface area contributed by atoms with Crippen molar-refractivity contribution in [1.29, 1.82) is 0 Å². The van der Waals surface area contributed by atoms with E-state index in [1.165, 1.54) is 0 Å². The number of halogens is 1. The zero-order valence-electron chi connectivity index (χ0n) is 10.2. The zero-order valence-corrected chi connectivity index (χ0v) is 11.0. The molecule has 0 radical (unpaired) electrons. The van der Waals surface area contributed by atoms with Crippen LogP contribution in [-0.4, -0.2) is 17.6 Å². The molecular formula is C14H18ClNO2. The second kappa shape index (κ2) is 6.21. The van der Waals surface area contributed by atoms with Gasteiger partial charge in [0.25, 0.3) is 0 Å². The average molecular weight is 268 g/mol. The molecule has 0 aromatic heterocycles. The third-order valence-corrected chi connectivity index (χ3v) is 3.94. The van der Waals surface area contributed by atoms with E-state index in [1.807, 2.05) is 12.1 Å². The predicted octanol–water partition coefficient (Wildman–Crippen LogP) is 3.08. The molecule has 4 heteroatoms. The van der Waals surface area contributed by atoms with Crippen molar-refractivity contribution in [2.45, 2.75) is 25.7 Å². The van der Waals surface area contributed by atoms with Crippen LogP contribution < -0.4 is 5.32 Å². The van der Waals surface area contributed by atoms with Crippen LogP contribution >= 0.6 is 11.6 Å². The SMILES string of the molecule is O=C(Nc1ccccc1Cl)C1CCC(CO)CC1. The number of aliphatic hydroxyl groups excluding tert-OH is 1. The van der Waals surface area contributed by atoms with Crippen molar-refractivity contribution in [3.05, 3.63) is 29.3 Å². The number of carbonyl (C=O) groups excluding carboxylic acids is 1. The number of hydrogen-bond acceptors (Lipinski definition) is 2. The lowest BCUT2D eigenvalue weighted by atomic mass is 9.82. The monoisotopic (exact) mass is 267 g/mol. The highest BCUT2D eigenvalue weighted by atomic mass is 35.5. The average Bonchev–Trinajstić information content (AvgIpc) is 2.41. The van der Waals surface area contributed by atoms with Crippen molar-refractivity contribution >= 4 is 23.2 Å². The Hall–Kier alpha value is -1.06. The molecule has 0 spiro atoms. The standard InChI is InChI=1S/C14H18ClNO2/c15-12-3-1-2-4-13(12)16-14(18)11-7-5-10(9-17)6-8-11/h1-4,10-11,17H,5-9H2,(H,16,18). The summed E-state index contributed by atoms with van der Waals surface area (Å²) in [4.78, 5) is 12.1. The second-order valence-corrected chi connectivity index (χ2v) is 5.28. The van der Waals surface area contributed by atoms with Crippen LogP contribution in [-0.2, 0) is 4.79 Å². The lowest BCUT2D eigenvalue weighted by molar-refractivity contribution is -0.121. The highest BCUT2D eigenvalue weighted by Gasteiger charge is 2.26. The number of para-hydroxylation sites is 1. The van der Waals surface area contributed by atoms with Crippen LogP contribution in [0.15, 0.2) is 24.3 Å². The van der Waals surface area contributed by atoms with Gasteiger partial charge < -0.3 is 10.4 Å². The van der Waals surface area contributed by atoms with Gasteiger partial charge >= 0.3 is 0 Å². The minimum atomic E-state index is 0.0412. The molecule has 1 saturated carbocycles. The minimum Gasteiger partial charge on any atom is -0.396 e. The van der Waals surface area contributed by atoms with Crippen LogP contribution in [0.3, 0.4) is 0 Å². The van der Waals surface area contributed by atoms with Crippen LogP contribution in [0.1, 0.15) is 25.7 Å². The van der Waals surface area contributed by atoms with E-state index in [9.17, 15) is 4.79 Å². The number of amides is 1. The third kappa shape index (κ3) is 3.24. The summed E-state index contributed by atoms with van der Waals surface area (Å²) in [6, 6.07) is 7.26. The fraction of sp³-hybridized carbons (Fsp3) is 0.500. The molecule has 3 nitrogen and oxygen atoms in total. The highest BCUT2D eigenvalue weighted by Crippen LogP contribution is 2.30. The topological polar surface area (TPSA) is 49.3 Å². The molecule has 0 aliphatic heterocycles. The van der Waals surface area contributed by atoms with E-state index in [4.69, 9.17) is 16.7 Å². The van der Waals surface area contributed by atoms with E-state index < -0.39 is 0 Å². The molecule has 1 aromatic carbocycles. The molecule has 18 heavy (non-hydrogen) atoms. The van der Waals surface area contributed by atoms with Gasteiger partial charge in [0.2, 0.25) is 5.91 Å². The number of nitrogens with one attached hydrogen (secondary N) is 1. The molecule has 1 amide bonds. The van der Waals surface area contributed by atoms with Gasteiger partial charge in [-0.15, -0.1) is 0 Å². The quantitative estimate of drug-likeness (QED) is 0.884. The maximum atomic E-state index is 12.1. The summed E-state index contributed by atoms with van der Waals surface area (Å²) in [5.41, 5.74) is 0.674. The molecule has 98 valence electrons. The molecule has 0 unspecified atom stereocenters. The van der Waals surface area contributed by atoms with E-state index in [0.717, 1.165) is 25.7 Å². The molecule has 2 rings (SSSR count). The van der Waals surface area contributed by atoms with Crippen LogP contribution in [0.2, 0.25) is 5.02 Å². The molecule has 1 aromatic rings. The van der Waals surface area contributed by atoms with Crippen molar-refractivity contribution in [2.75, 3.05) is 11.9 Å². The summed E-state index contributed by atoms with van der Waals surface area (Å²) < 4.78 is 0. The molecule has 0 bridgehead atoms. The Kier molecular flexibility index (Phi) is 4.61. The first kappa shape index (κ1) is 13.4. The van der Waals surface area contributed by atoms with Crippen molar-refractivity contribution < 1.29 is 9.90 Å². The summed E-state index contributed by atoms with van der Waals surface area (Å²) in [6.45, 7) is 0.235. The van der Waals surface area contributed by atoms with E-state index >= 15 is 0 Å². The fourth-order valence-corrected chi connectivity index (χ4v) is 2.59. The van der Waals surface area contributed by atoms with Crippen molar-refractivity contribution in [2.24, 2.45) is 11.8 Å². The molecule has 1 aliphatic rings. The third-order valence-electron chi connectivity index (χ3n) is 3.61. The molecule has 1 fully saturated rings. The van der Waals surface area contributed by atoms with Gasteiger partial charge in [-0.2, -0.15) is 0 Å². The molecular weight excluding hydrogens is 250 g/mol. The van der Waals surface area contributed by atoms with Gasteiger partial charge in [0.05, 0.1) is 10.7 Å². The van der Waals surface area contributed by atoms with Gasteiger partial charge in [-0.3, -0.25) is 4.79 Å². The summed E-state index contributed by atoms with van der Waals surface area (Å²) in [5, 5.41) is 12.5. The Balaban J connectivity index is 1.91. The Labute approximate surface area is 112 Å². The summed E-state index contributed by atoms with van der Waals surface area (Å²) in [6.07, 6.45) is 3.55. The van der Waals surface area contributed by atoms with Crippen LogP contribution in [0.5, 0.6) is 0 Å². The lowest BCUT2D eigenvalue weighted by Crippen LogP contribution is -2.28. The maximum absolute atomic E-state index is 12.1. The summed E-state index contributed by atoms with van der Waals surface area (Å²) in [5.74, 6) is 0.456. The van der Waals surface area contributed by atoms with E-state index in [1.54, 1.807) is 12.1 Å². The fourth-order valence-electron chi connectivity index (χ4n) is 2.40. The highest BCUT2D eigenvalue weighted by molar-refractivity contribution is 6.33. The first-order valence-electron chi connectivity index (χ1n) is 6.37. The number of benzene rings is 1. The van der Waals surface area contributed by atoms with E-state index in [2.05, 4.69) is 5.32 Å². The van der Waals surface area contributed by atoms with Gasteiger partial charge in [-0.05, 0) is 43.7 Å². The van der Waals surface area contributed by atoms with Gasteiger partial charge in [0.1, 0.15) is 0 Å². The Bertz CT molecular complexity index is 414. The first-order chi connectivity index (χ1) is 8.70. The van der Waals surface area contributed by atoms with Crippen LogP contribution in [0.4, 0.5) is 5.69 Å². The van der Waals surface area contributed by atoms with E-state index in [0.29, 0.717) is 16.6 Å². The predicted molar refractivity (Wildman–Crippen MR) is 72.6 cm³/mol. The van der Waals surface area contributed by atoms with Gasteiger partial charge in [-0.25, -0.2) is 0 Å². The number of hydrogen-bond donors (Lipinski definition) is 2. The number of anilines is 1. The Morgan fingerprint density at radius 3 is 2.56 bits per heavy atom. The number of aliphatic hydroxyl groups is 1.